The molecule has 0 bridgehead atoms. The lowest BCUT2D eigenvalue weighted by Gasteiger charge is -2.09. The van der Waals surface area contributed by atoms with Gasteiger partial charge in [0, 0.05) is 18.4 Å². The molecule has 0 aliphatic heterocycles. The zero-order valence-electron chi connectivity index (χ0n) is 12.2. The van der Waals surface area contributed by atoms with Crippen molar-refractivity contribution < 1.29 is 8.42 Å². The highest BCUT2D eigenvalue weighted by molar-refractivity contribution is 7.92. The largest absolute Gasteiger partial charge is 0.370 e. The lowest BCUT2D eigenvalue weighted by molar-refractivity contribution is 0.600. The molecule has 112 valence electrons. The first-order valence-corrected chi connectivity index (χ1v) is 8.07. The molecule has 2 rings (SSSR count). The van der Waals surface area contributed by atoms with Gasteiger partial charge in [-0.15, -0.1) is 0 Å². The smallest absolute Gasteiger partial charge is 0.264 e. The molecule has 2 N–H and O–H groups in total. The number of aryl methyl sites for hydroxylation is 2. The van der Waals surface area contributed by atoms with Gasteiger partial charge in [-0.3, -0.25) is 4.72 Å². The molecule has 7 heteroatoms. The van der Waals surface area contributed by atoms with Crippen molar-refractivity contribution in [2.45, 2.75) is 25.7 Å². The molecule has 0 fully saturated rings. The van der Waals surface area contributed by atoms with E-state index in [-0.39, 0.29) is 4.90 Å². The molecule has 2 heterocycles. The number of anilines is 2. The summed E-state index contributed by atoms with van der Waals surface area (Å²) in [4.78, 5) is 8.33. The van der Waals surface area contributed by atoms with E-state index in [0.717, 1.165) is 17.8 Å². The van der Waals surface area contributed by atoms with Crippen molar-refractivity contribution in [3.8, 4) is 0 Å². The fraction of sp³-hybridized carbons (Fsp3) is 0.286. The van der Waals surface area contributed by atoms with Crippen LogP contribution >= 0.6 is 0 Å². The Morgan fingerprint density at radius 3 is 2.48 bits per heavy atom. The number of aromatic nitrogens is 2. The van der Waals surface area contributed by atoms with E-state index < -0.39 is 10.0 Å². The maximum Gasteiger partial charge on any atom is 0.264 e. The highest BCUT2D eigenvalue weighted by Gasteiger charge is 2.15. The molecule has 6 nitrogen and oxygen atoms in total. The van der Waals surface area contributed by atoms with Crippen molar-refractivity contribution >= 4 is 21.7 Å². The van der Waals surface area contributed by atoms with Gasteiger partial charge in [-0.25, -0.2) is 18.4 Å². The van der Waals surface area contributed by atoms with E-state index in [1.54, 1.807) is 12.1 Å². The zero-order valence-corrected chi connectivity index (χ0v) is 13.0. The van der Waals surface area contributed by atoms with Gasteiger partial charge >= 0.3 is 0 Å². The molecule has 0 radical (unpaired) electrons. The molecule has 0 atom stereocenters. The molecule has 0 unspecified atom stereocenters. The van der Waals surface area contributed by atoms with E-state index in [2.05, 4.69) is 20.0 Å². The molecule has 21 heavy (non-hydrogen) atoms. The fourth-order valence-electron chi connectivity index (χ4n) is 1.92. The molecule has 2 aromatic rings. The Kier molecular flexibility index (Phi) is 4.42. The van der Waals surface area contributed by atoms with Crippen LogP contribution < -0.4 is 10.0 Å². The van der Waals surface area contributed by atoms with Crippen molar-refractivity contribution in [2.75, 3.05) is 16.6 Å². The Morgan fingerprint density at radius 1 is 1.14 bits per heavy atom. The minimum Gasteiger partial charge on any atom is -0.370 e. The monoisotopic (exact) mass is 306 g/mol. The predicted octanol–water partition coefficient (Wildman–Crippen LogP) is 2.33. The third-order valence-electron chi connectivity index (χ3n) is 2.74. The summed E-state index contributed by atoms with van der Waals surface area (Å²) in [5, 5.41) is 3.01. The molecule has 0 saturated carbocycles. The van der Waals surface area contributed by atoms with Crippen molar-refractivity contribution in [3.05, 3.63) is 41.7 Å². The average Bonchev–Trinajstić information content (AvgIpc) is 2.38. The van der Waals surface area contributed by atoms with Crippen LogP contribution in [0.25, 0.3) is 0 Å². The van der Waals surface area contributed by atoms with Crippen LogP contribution in [-0.2, 0) is 10.0 Å². The number of nitrogens with zero attached hydrogens (tertiary/aromatic N) is 2. The second-order valence-electron chi connectivity index (χ2n) is 4.69. The van der Waals surface area contributed by atoms with Crippen molar-refractivity contribution in [1.82, 2.24) is 9.97 Å². The zero-order chi connectivity index (χ0) is 15.5. The van der Waals surface area contributed by atoms with Gasteiger partial charge in [-0.1, -0.05) is 0 Å². The molecule has 0 aliphatic carbocycles. The first kappa shape index (κ1) is 15.2. The second-order valence-corrected chi connectivity index (χ2v) is 6.37. The van der Waals surface area contributed by atoms with Gasteiger partial charge in [0.05, 0.1) is 0 Å². The van der Waals surface area contributed by atoms with Gasteiger partial charge in [0.25, 0.3) is 10.0 Å². The second kappa shape index (κ2) is 6.09. The van der Waals surface area contributed by atoms with Crippen LogP contribution in [0.5, 0.6) is 0 Å². The first-order chi connectivity index (χ1) is 9.90. The van der Waals surface area contributed by atoms with Crippen LogP contribution in [0.15, 0.2) is 35.4 Å². The molecular formula is C14H18N4O2S. The summed E-state index contributed by atoms with van der Waals surface area (Å²) in [6, 6.07) is 6.71. The summed E-state index contributed by atoms with van der Waals surface area (Å²) < 4.78 is 27.0. The van der Waals surface area contributed by atoms with Gasteiger partial charge in [0.15, 0.2) is 0 Å². The Hall–Kier alpha value is -2.15. The van der Waals surface area contributed by atoms with Crippen LogP contribution in [0, 0.1) is 13.8 Å². The van der Waals surface area contributed by atoms with Crippen molar-refractivity contribution in [1.29, 1.82) is 0 Å². The molecule has 0 aliphatic rings. The van der Waals surface area contributed by atoms with Gasteiger partial charge in [-0.05, 0) is 50.6 Å². The van der Waals surface area contributed by atoms with E-state index in [1.165, 1.54) is 12.3 Å². The highest BCUT2D eigenvalue weighted by atomic mass is 32.2. The minimum absolute atomic E-state index is 0.102. The van der Waals surface area contributed by atoms with E-state index in [4.69, 9.17) is 0 Å². The van der Waals surface area contributed by atoms with Crippen LogP contribution in [0.4, 0.5) is 11.6 Å². The Morgan fingerprint density at radius 2 is 1.90 bits per heavy atom. The summed E-state index contributed by atoms with van der Waals surface area (Å²) in [5.74, 6) is 0.948. The lowest BCUT2D eigenvalue weighted by Crippen LogP contribution is -2.15. The van der Waals surface area contributed by atoms with E-state index in [1.807, 2.05) is 26.8 Å². The third-order valence-corrected chi connectivity index (χ3v) is 4.08. The summed E-state index contributed by atoms with van der Waals surface area (Å²) >= 11 is 0. The summed E-state index contributed by atoms with van der Waals surface area (Å²) in [6.07, 6.45) is 1.32. The van der Waals surface area contributed by atoms with Crippen LogP contribution in [0.3, 0.4) is 0 Å². The van der Waals surface area contributed by atoms with Crippen molar-refractivity contribution in [2.24, 2.45) is 0 Å². The molecule has 0 amide bonds. The number of nitrogens with one attached hydrogen (secondary N) is 2. The predicted molar refractivity (Wildman–Crippen MR) is 82.9 cm³/mol. The number of sulfonamides is 1. The third kappa shape index (κ3) is 3.91. The summed E-state index contributed by atoms with van der Waals surface area (Å²) in [7, 11) is -3.68. The summed E-state index contributed by atoms with van der Waals surface area (Å²) in [6.45, 7) is 6.38. The normalized spacial score (nSPS) is 11.2. The minimum atomic E-state index is -3.68. The molecule has 0 aromatic carbocycles. The Bertz CT molecular complexity index is 707. The maximum atomic E-state index is 12.3. The number of rotatable bonds is 5. The van der Waals surface area contributed by atoms with Crippen LogP contribution in [0.2, 0.25) is 0 Å². The van der Waals surface area contributed by atoms with Gasteiger partial charge in [0.2, 0.25) is 0 Å². The highest BCUT2D eigenvalue weighted by Crippen LogP contribution is 2.16. The molecule has 0 spiro atoms. The van der Waals surface area contributed by atoms with Gasteiger partial charge < -0.3 is 5.32 Å². The Labute approximate surface area is 124 Å². The van der Waals surface area contributed by atoms with E-state index in [9.17, 15) is 8.42 Å². The Balaban J connectivity index is 2.25. The van der Waals surface area contributed by atoms with Crippen LogP contribution in [0.1, 0.15) is 18.2 Å². The maximum absolute atomic E-state index is 12.3. The quantitative estimate of drug-likeness (QED) is 0.885. The van der Waals surface area contributed by atoms with Crippen LogP contribution in [-0.4, -0.2) is 24.9 Å². The number of hydrogen-bond donors (Lipinski definition) is 2. The lowest BCUT2D eigenvalue weighted by atomic mass is 10.2. The van der Waals surface area contributed by atoms with Gasteiger partial charge in [-0.2, -0.15) is 0 Å². The average molecular weight is 306 g/mol. The number of hydrogen-bond acceptors (Lipinski definition) is 5. The standard InChI is InChI=1S/C14H18N4O2S/c1-4-15-13-6-5-12(9-16-13)21(19,20)18-14-8-10(2)7-11(3)17-14/h5-9H,4H2,1-3H3,(H,15,16)(H,17,18). The molecule has 0 saturated heterocycles. The first-order valence-electron chi connectivity index (χ1n) is 6.59. The van der Waals surface area contributed by atoms with E-state index >= 15 is 0 Å². The molecule has 2 aromatic heterocycles. The summed E-state index contributed by atoms with van der Waals surface area (Å²) in [5.41, 5.74) is 1.70. The topological polar surface area (TPSA) is 84.0 Å². The van der Waals surface area contributed by atoms with E-state index in [0.29, 0.717) is 11.6 Å². The number of pyridine rings is 2. The SMILES string of the molecule is CCNc1ccc(S(=O)(=O)Nc2cc(C)cc(C)n2)cn1. The van der Waals surface area contributed by atoms with Crippen molar-refractivity contribution in [3.63, 3.8) is 0 Å². The molecular weight excluding hydrogens is 288 g/mol. The van der Waals surface area contributed by atoms with Gasteiger partial charge in [0.1, 0.15) is 16.5 Å². The fourth-order valence-corrected chi connectivity index (χ4v) is 2.85.